The molecule has 4 N–H and O–H groups in total. The summed E-state index contributed by atoms with van der Waals surface area (Å²) in [6.45, 7) is 3.54. The normalized spacial score (nSPS) is 12.0. The van der Waals surface area contributed by atoms with Gasteiger partial charge >= 0.3 is 6.03 Å². The zero-order valence-corrected chi connectivity index (χ0v) is 10.0. The number of hydrogen-bond donors (Lipinski definition) is 4. The number of amides is 2. The molecule has 0 spiro atoms. The Labute approximate surface area is 100 Å². The maximum atomic E-state index is 11.5. The molecule has 1 atom stereocenters. The molecular weight excluding hydrogens is 220 g/mol. The number of nitrogens with one attached hydrogen (secondary N) is 2. The summed E-state index contributed by atoms with van der Waals surface area (Å²) in [5, 5.41) is 22.8. The number of carbonyl (C=O) groups is 1. The fourth-order valence-corrected chi connectivity index (χ4v) is 1.33. The Hall–Kier alpha value is -1.59. The molecule has 0 radical (unpaired) electrons. The van der Waals surface area contributed by atoms with E-state index < -0.39 is 12.1 Å². The van der Waals surface area contributed by atoms with Crippen LogP contribution < -0.4 is 10.6 Å². The molecule has 1 unspecified atom stereocenters. The highest BCUT2D eigenvalue weighted by Gasteiger charge is 2.07. The van der Waals surface area contributed by atoms with Crippen LogP contribution >= 0.6 is 0 Å². The summed E-state index contributed by atoms with van der Waals surface area (Å²) >= 11 is 0. The fourth-order valence-electron chi connectivity index (χ4n) is 1.33. The molecule has 1 rings (SSSR count). The number of benzene rings is 1. The second-order valence-electron chi connectivity index (χ2n) is 3.92. The summed E-state index contributed by atoms with van der Waals surface area (Å²) in [4.78, 5) is 11.5. The van der Waals surface area contributed by atoms with E-state index in [0.29, 0.717) is 0 Å². The number of aryl methyl sites for hydroxylation is 1. The first-order valence-electron chi connectivity index (χ1n) is 5.44. The smallest absolute Gasteiger partial charge is 0.319 e. The van der Waals surface area contributed by atoms with Gasteiger partial charge in [0.25, 0.3) is 0 Å². The first-order chi connectivity index (χ1) is 8.04. The van der Waals surface area contributed by atoms with Gasteiger partial charge in [0, 0.05) is 12.2 Å². The van der Waals surface area contributed by atoms with E-state index in [-0.39, 0.29) is 13.2 Å². The number of urea groups is 1. The van der Waals surface area contributed by atoms with Crippen molar-refractivity contribution in [3.05, 3.63) is 29.3 Å². The van der Waals surface area contributed by atoms with E-state index in [4.69, 9.17) is 10.2 Å². The van der Waals surface area contributed by atoms with Gasteiger partial charge in [0.15, 0.2) is 0 Å². The largest absolute Gasteiger partial charge is 0.394 e. The molecule has 0 fully saturated rings. The topological polar surface area (TPSA) is 81.6 Å². The number of aliphatic hydroxyl groups excluding tert-OH is 2. The van der Waals surface area contributed by atoms with Crippen molar-refractivity contribution in [3.63, 3.8) is 0 Å². The van der Waals surface area contributed by atoms with E-state index in [0.717, 1.165) is 16.8 Å². The number of rotatable bonds is 4. The molecule has 1 aromatic carbocycles. The number of hydrogen-bond acceptors (Lipinski definition) is 3. The highest BCUT2D eigenvalue weighted by Crippen LogP contribution is 2.17. The van der Waals surface area contributed by atoms with E-state index in [1.54, 1.807) is 0 Å². The van der Waals surface area contributed by atoms with Gasteiger partial charge in [-0.1, -0.05) is 12.1 Å². The average molecular weight is 238 g/mol. The first-order valence-corrected chi connectivity index (χ1v) is 5.44. The van der Waals surface area contributed by atoms with Crippen molar-refractivity contribution in [2.24, 2.45) is 0 Å². The molecule has 0 aliphatic rings. The van der Waals surface area contributed by atoms with Gasteiger partial charge in [0.05, 0.1) is 12.7 Å². The van der Waals surface area contributed by atoms with Crippen molar-refractivity contribution in [2.45, 2.75) is 20.0 Å². The van der Waals surface area contributed by atoms with Crippen LogP contribution in [0.2, 0.25) is 0 Å². The molecule has 0 heterocycles. The van der Waals surface area contributed by atoms with E-state index in [1.807, 2.05) is 32.0 Å². The van der Waals surface area contributed by atoms with Gasteiger partial charge in [0.1, 0.15) is 0 Å². The van der Waals surface area contributed by atoms with Gasteiger partial charge < -0.3 is 20.8 Å². The van der Waals surface area contributed by atoms with E-state index >= 15 is 0 Å². The number of carbonyl (C=O) groups excluding carboxylic acids is 1. The molecule has 0 bridgehead atoms. The standard InChI is InChI=1S/C12H18N2O3/c1-8-4-3-5-11(9(8)2)14-12(17)13-6-10(16)7-15/h3-5,10,15-16H,6-7H2,1-2H3,(H2,13,14,17). The third-order valence-electron chi connectivity index (χ3n) is 2.56. The lowest BCUT2D eigenvalue weighted by molar-refractivity contribution is 0.0965. The lowest BCUT2D eigenvalue weighted by atomic mass is 10.1. The predicted octanol–water partition coefficient (Wildman–Crippen LogP) is 0.778. The zero-order valence-electron chi connectivity index (χ0n) is 10.0. The van der Waals surface area contributed by atoms with Crippen LogP contribution in [0.4, 0.5) is 10.5 Å². The van der Waals surface area contributed by atoms with Crippen molar-refractivity contribution in [1.82, 2.24) is 5.32 Å². The Morgan fingerprint density at radius 1 is 1.41 bits per heavy atom. The molecule has 0 aromatic heterocycles. The summed E-state index contributed by atoms with van der Waals surface area (Å²) < 4.78 is 0. The van der Waals surface area contributed by atoms with Crippen LogP contribution in [-0.2, 0) is 0 Å². The molecule has 17 heavy (non-hydrogen) atoms. The van der Waals surface area contributed by atoms with Crippen LogP contribution in [0.1, 0.15) is 11.1 Å². The molecular formula is C12H18N2O3. The van der Waals surface area contributed by atoms with Crippen LogP contribution in [0.15, 0.2) is 18.2 Å². The Balaban J connectivity index is 2.54. The van der Waals surface area contributed by atoms with Crippen molar-refractivity contribution >= 4 is 11.7 Å². The minimum Gasteiger partial charge on any atom is -0.394 e. The van der Waals surface area contributed by atoms with E-state index in [2.05, 4.69) is 10.6 Å². The highest BCUT2D eigenvalue weighted by atomic mass is 16.3. The molecule has 0 aliphatic heterocycles. The average Bonchev–Trinajstić information content (AvgIpc) is 2.32. The molecule has 0 saturated heterocycles. The summed E-state index contributed by atoms with van der Waals surface area (Å²) in [5.41, 5.74) is 2.84. The summed E-state index contributed by atoms with van der Waals surface area (Å²) in [7, 11) is 0. The molecule has 5 heteroatoms. The van der Waals surface area contributed by atoms with Crippen LogP contribution in [-0.4, -0.2) is 35.5 Å². The van der Waals surface area contributed by atoms with Gasteiger partial charge in [-0.15, -0.1) is 0 Å². The van der Waals surface area contributed by atoms with Gasteiger partial charge in [0.2, 0.25) is 0 Å². The number of anilines is 1. The van der Waals surface area contributed by atoms with E-state index in [9.17, 15) is 4.79 Å². The number of aliphatic hydroxyl groups is 2. The van der Waals surface area contributed by atoms with Crippen LogP contribution in [0, 0.1) is 13.8 Å². The monoisotopic (exact) mass is 238 g/mol. The molecule has 0 saturated carbocycles. The summed E-state index contributed by atoms with van der Waals surface area (Å²) in [6, 6.07) is 5.24. The second kappa shape index (κ2) is 6.22. The SMILES string of the molecule is Cc1cccc(NC(=O)NCC(O)CO)c1C. The van der Waals surface area contributed by atoms with Gasteiger partial charge in [-0.05, 0) is 31.0 Å². The maximum absolute atomic E-state index is 11.5. The predicted molar refractivity (Wildman–Crippen MR) is 66.0 cm³/mol. The molecule has 94 valence electrons. The fraction of sp³-hybridized carbons (Fsp3) is 0.417. The summed E-state index contributed by atoms with van der Waals surface area (Å²) in [6.07, 6.45) is -0.931. The molecule has 1 aromatic rings. The van der Waals surface area contributed by atoms with Crippen LogP contribution in [0.3, 0.4) is 0 Å². The minimum absolute atomic E-state index is 0.0210. The minimum atomic E-state index is -0.931. The van der Waals surface area contributed by atoms with Crippen LogP contribution in [0.25, 0.3) is 0 Å². The van der Waals surface area contributed by atoms with Gasteiger partial charge in [-0.25, -0.2) is 4.79 Å². The maximum Gasteiger partial charge on any atom is 0.319 e. The van der Waals surface area contributed by atoms with Gasteiger partial charge in [-0.2, -0.15) is 0 Å². The van der Waals surface area contributed by atoms with Crippen molar-refractivity contribution in [3.8, 4) is 0 Å². The lowest BCUT2D eigenvalue weighted by Crippen LogP contribution is -2.36. The highest BCUT2D eigenvalue weighted by molar-refractivity contribution is 5.90. The van der Waals surface area contributed by atoms with Crippen molar-refractivity contribution in [2.75, 3.05) is 18.5 Å². The quantitative estimate of drug-likeness (QED) is 0.625. The third kappa shape index (κ3) is 4.05. The zero-order chi connectivity index (χ0) is 12.8. The molecule has 5 nitrogen and oxygen atoms in total. The Kier molecular flexibility index (Phi) is 4.93. The van der Waals surface area contributed by atoms with Crippen LogP contribution in [0.5, 0.6) is 0 Å². The molecule has 0 aliphatic carbocycles. The summed E-state index contributed by atoms with van der Waals surface area (Å²) in [5.74, 6) is 0. The Morgan fingerprint density at radius 2 is 2.12 bits per heavy atom. The Morgan fingerprint density at radius 3 is 2.76 bits per heavy atom. The van der Waals surface area contributed by atoms with E-state index in [1.165, 1.54) is 0 Å². The lowest BCUT2D eigenvalue weighted by Gasteiger charge is -2.12. The van der Waals surface area contributed by atoms with Crippen molar-refractivity contribution in [1.29, 1.82) is 0 Å². The van der Waals surface area contributed by atoms with Crippen molar-refractivity contribution < 1.29 is 15.0 Å². The Bertz CT molecular complexity index is 393. The second-order valence-corrected chi connectivity index (χ2v) is 3.92. The molecule has 2 amide bonds. The first kappa shape index (κ1) is 13.5. The van der Waals surface area contributed by atoms with Gasteiger partial charge in [-0.3, -0.25) is 0 Å². The third-order valence-corrected chi connectivity index (χ3v) is 2.56.